The minimum absolute atomic E-state index is 0.572. The van der Waals surface area contributed by atoms with Crippen LogP contribution >= 0.6 is 0 Å². The predicted molar refractivity (Wildman–Crippen MR) is 68.5 cm³/mol. The molecule has 0 radical (unpaired) electrons. The Morgan fingerprint density at radius 2 is 2.37 bits per heavy atom. The van der Waals surface area contributed by atoms with Crippen LogP contribution in [0.2, 0.25) is 0 Å². The Morgan fingerprint density at radius 3 is 3.05 bits per heavy atom. The first kappa shape index (κ1) is 11.7. The maximum Gasteiger partial charge on any atom is 0.212 e. The highest BCUT2D eigenvalue weighted by atomic mass is 16.5. The summed E-state index contributed by atoms with van der Waals surface area (Å²) in [5, 5.41) is 7.39. The van der Waals surface area contributed by atoms with Gasteiger partial charge in [0.05, 0.1) is 12.8 Å². The van der Waals surface area contributed by atoms with E-state index in [1.165, 1.54) is 0 Å². The van der Waals surface area contributed by atoms with Crippen molar-refractivity contribution in [2.45, 2.75) is 13.0 Å². The van der Waals surface area contributed by atoms with Crippen molar-refractivity contribution in [2.75, 3.05) is 13.7 Å². The minimum Gasteiger partial charge on any atom is -0.481 e. The van der Waals surface area contributed by atoms with Crippen LogP contribution < -0.4 is 4.74 Å². The number of nitrogens with zero attached hydrogens (tertiary/aromatic N) is 3. The molecule has 1 amide bonds. The number of methoxy groups -OCH3 is 1. The van der Waals surface area contributed by atoms with Crippen LogP contribution in [0.15, 0.2) is 18.3 Å². The molecule has 1 aliphatic heterocycles. The smallest absolute Gasteiger partial charge is 0.212 e. The maximum absolute atomic E-state index is 10.9. The number of ether oxygens (including phenoxy) is 1. The molecule has 1 N–H and O–H groups in total. The van der Waals surface area contributed by atoms with Gasteiger partial charge in [0.2, 0.25) is 12.3 Å². The molecule has 0 saturated carbocycles. The molecule has 3 rings (SSSR count). The van der Waals surface area contributed by atoms with Crippen molar-refractivity contribution in [1.29, 1.82) is 0 Å². The van der Waals surface area contributed by atoms with Crippen LogP contribution in [0.1, 0.15) is 11.3 Å². The van der Waals surface area contributed by atoms with Crippen LogP contribution in [0.3, 0.4) is 0 Å². The third-order valence-electron chi connectivity index (χ3n) is 3.33. The van der Waals surface area contributed by atoms with Crippen molar-refractivity contribution in [3.63, 3.8) is 0 Å². The molecule has 0 aliphatic carbocycles. The third-order valence-corrected chi connectivity index (χ3v) is 3.33. The van der Waals surface area contributed by atoms with Gasteiger partial charge in [-0.3, -0.25) is 9.89 Å². The molecule has 0 aromatic carbocycles. The largest absolute Gasteiger partial charge is 0.481 e. The number of nitrogens with one attached hydrogen (secondary N) is 1. The summed E-state index contributed by atoms with van der Waals surface area (Å²) in [6.07, 6.45) is 3.42. The predicted octanol–water partition coefficient (Wildman–Crippen LogP) is 0.995. The number of H-pyrrole nitrogens is 1. The van der Waals surface area contributed by atoms with Gasteiger partial charge in [-0.05, 0) is 6.07 Å². The number of hydrogen-bond acceptors (Lipinski definition) is 4. The van der Waals surface area contributed by atoms with Crippen molar-refractivity contribution in [1.82, 2.24) is 20.1 Å². The molecular formula is C13H14N4O2. The second kappa shape index (κ2) is 4.72. The van der Waals surface area contributed by atoms with E-state index < -0.39 is 0 Å². The van der Waals surface area contributed by atoms with Crippen LogP contribution in [-0.4, -0.2) is 40.1 Å². The molecule has 0 spiro atoms. The van der Waals surface area contributed by atoms with E-state index in [4.69, 9.17) is 4.74 Å². The summed E-state index contributed by atoms with van der Waals surface area (Å²) in [7, 11) is 1.58. The average Bonchev–Trinajstić information content (AvgIpc) is 2.90. The Labute approximate surface area is 110 Å². The molecule has 0 unspecified atom stereocenters. The summed E-state index contributed by atoms with van der Waals surface area (Å²) in [6, 6.07) is 3.72. The van der Waals surface area contributed by atoms with E-state index in [9.17, 15) is 4.79 Å². The molecule has 6 heteroatoms. The van der Waals surface area contributed by atoms with Gasteiger partial charge in [0.25, 0.3) is 0 Å². The number of amides is 1. The molecule has 6 nitrogen and oxygen atoms in total. The van der Waals surface area contributed by atoms with Gasteiger partial charge >= 0.3 is 0 Å². The number of carbonyl (C=O) groups is 1. The Balaban J connectivity index is 1.97. The molecule has 0 bridgehead atoms. The number of pyridine rings is 1. The standard InChI is InChI=1S/C13H14N4O2/c1-19-12-3-2-9(6-14-12)13-10-7-17(8-18)5-4-11(10)15-16-13/h2-3,6,8H,4-5,7H2,1H3,(H,15,16). The lowest BCUT2D eigenvalue weighted by molar-refractivity contribution is -0.118. The third kappa shape index (κ3) is 2.05. The second-order valence-electron chi connectivity index (χ2n) is 4.44. The molecular weight excluding hydrogens is 244 g/mol. The molecule has 2 aromatic heterocycles. The zero-order valence-corrected chi connectivity index (χ0v) is 10.6. The highest BCUT2D eigenvalue weighted by molar-refractivity contribution is 5.64. The maximum atomic E-state index is 10.9. The Bertz CT molecular complexity index is 591. The summed E-state index contributed by atoms with van der Waals surface area (Å²) in [5.41, 5.74) is 3.96. The second-order valence-corrected chi connectivity index (χ2v) is 4.44. The van der Waals surface area contributed by atoms with E-state index >= 15 is 0 Å². The summed E-state index contributed by atoms with van der Waals surface area (Å²) < 4.78 is 5.04. The molecule has 0 atom stereocenters. The van der Waals surface area contributed by atoms with Gasteiger partial charge in [-0.25, -0.2) is 4.98 Å². The number of carbonyl (C=O) groups excluding carboxylic acids is 1. The number of aromatic nitrogens is 3. The lowest BCUT2D eigenvalue weighted by atomic mass is 10.0. The number of hydrogen-bond donors (Lipinski definition) is 1. The summed E-state index contributed by atoms with van der Waals surface area (Å²) in [5.74, 6) is 0.572. The molecule has 19 heavy (non-hydrogen) atoms. The zero-order chi connectivity index (χ0) is 13.2. The highest BCUT2D eigenvalue weighted by Gasteiger charge is 2.21. The van der Waals surface area contributed by atoms with Crippen LogP contribution in [0.4, 0.5) is 0 Å². The van der Waals surface area contributed by atoms with Gasteiger partial charge in [0.1, 0.15) is 0 Å². The number of aromatic amines is 1. The van der Waals surface area contributed by atoms with E-state index in [1.54, 1.807) is 24.3 Å². The molecule has 1 aliphatic rings. The SMILES string of the molecule is COc1ccc(-c2n[nH]c3c2CN(C=O)CC3)cn1. The fraction of sp³-hybridized carbons (Fsp3) is 0.308. The summed E-state index contributed by atoms with van der Waals surface area (Å²) >= 11 is 0. The van der Waals surface area contributed by atoms with Crippen molar-refractivity contribution < 1.29 is 9.53 Å². The van der Waals surface area contributed by atoms with E-state index in [0.717, 1.165) is 41.9 Å². The first-order chi connectivity index (χ1) is 9.31. The number of fused-ring (bicyclic) bond motifs is 1. The number of rotatable bonds is 3. The monoisotopic (exact) mass is 258 g/mol. The first-order valence-electron chi connectivity index (χ1n) is 6.07. The van der Waals surface area contributed by atoms with Crippen LogP contribution in [0.25, 0.3) is 11.3 Å². The normalized spacial score (nSPS) is 14.1. The Kier molecular flexibility index (Phi) is 2.91. The van der Waals surface area contributed by atoms with E-state index in [-0.39, 0.29) is 0 Å². The lowest BCUT2D eigenvalue weighted by Gasteiger charge is -2.22. The van der Waals surface area contributed by atoms with Crippen LogP contribution in [0.5, 0.6) is 5.88 Å². The summed E-state index contributed by atoms with van der Waals surface area (Å²) in [6.45, 7) is 1.33. The van der Waals surface area contributed by atoms with Crippen molar-refractivity contribution in [3.05, 3.63) is 29.6 Å². The summed E-state index contributed by atoms with van der Waals surface area (Å²) in [4.78, 5) is 16.8. The highest BCUT2D eigenvalue weighted by Crippen LogP contribution is 2.28. The Morgan fingerprint density at radius 1 is 1.47 bits per heavy atom. The molecule has 2 aromatic rings. The molecule has 3 heterocycles. The minimum atomic E-state index is 0.572. The average molecular weight is 258 g/mol. The van der Waals surface area contributed by atoms with Crippen LogP contribution in [-0.2, 0) is 17.8 Å². The molecule has 0 saturated heterocycles. The lowest BCUT2D eigenvalue weighted by Crippen LogP contribution is -2.28. The fourth-order valence-electron chi connectivity index (χ4n) is 2.29. The molecule has 98 valence electrons. The first-order valence-corrected chi connectivity index (χ1v) is 6.07. The van der Waals surface area contributed by atoms with E-state index in [1.807, 2.05) is 6.07 Å². The zero-order valence-electron chi connectivity index (χ0n) is 10.6. The van der Waals surface area contributed by atoms with Crippen molar-refractivity contribution in [3.8, 4) is 17.1 Å². The van der Waals surface area contributed by atoms with Gasteiger partial charge in [-0.15, -0.1) is 0 Å². The topological polar surface area (TPSA) is 71.1 Å². The van der Waals surface area contributed by atoms with Gasteiger partial charge < -0.3 is 9.64 Å². The van der Waals surface area contributed by atoms with E-state index in [2.05, 4.69) is 15.2 Å². The van der Waals surface area contributed by atoms with Crippen molar-refractivity contribution >= 4 is 6.41 Å². The van der Waals surface area contributed by atoms with Gasteiger partial charge in [0, 0.05) is 48.6 Å². The van der Waals surface area contributed by atoms with Gasteiger partial charge in [-0.2, -0.15) is 5.10 Å². The fourth-order valence-corrected chi connectivity index (χ4v) is 2.29. The molecule has 0 fully saturated rings. The van der Waals surface area contributed by atoms with E-state index in [0.29, 0.717) is 12.4 Å². The van der Waals surface area contributed by atoms with Crippen molar-refractivity contribution in [2.24, 2.45) is 0 Å². The Hall–Kier alpha value is -2.37. The van der Waals surface area contributed by atoms with Gasteiger partial charge in [0.15, 0.2) is 0 Å². The van der Waals surface area contributed by atoms with Crippen LogP contribution in [0, 0.1) is 0 Å². The quantitative estimate of drug-likeness (QED) is 0.833. The van der Waals surface area contributed by atoms with Gasteiger partial charge in [-0.1, -0.05) is 0 Å².